The predicted molar refractivity (Wildman–Crippen MR) is 111 cm³/mol. The van der Waals surface area contributed by atoms with Crippen LogP contribution in [0.4, 0.5) is 5.69 Å². The first-order valence-electron chi connectivity index (χ1n) is 10.4. The SMILES string of the molecule is Cc1nc2ccc(NC(=O)[C@H](C)NC(=O)C34CC5CC(CC(C5)C3)C4)cc2s1. The zero-order chi connectivity index (χ0) is 19.5. The molecule has 28 heavy (non-hydrogen) atoms. The van der Waals surface area contributed by atoms with Crippen molar-refractivity contribution in [3.8, 4) is 0 Å². The van der Waals surface area contributed by atoms with Crippen molar-refractivity contribution in [2.24, 2.45) is 23.2 Å². The maximum Gasteiger partial charge on any atom is 0.246 e. The molecule has 1 heterocycles. The second kappa shape index (κ2) is 6.55. The Bertz CT molecular complexity index is 915. The first-order valence-corrected chi connectivity index (χ1v) is 11.2. The lowest BCUT2D eigenvalue weighted by Gasteiger charge is -2.55. The lowest BCUT2D eigenvalue weighted by atomic mass is 9.49. The molecule has 4 aliphatic carbocycles. The maximum absolute atomic E-state index is 13.1. The number of hydrogen-bond donors (Lipinski definition) is 2. The molecular weight excluding hydrogens is 370 g/mol. The molecule has 2 amide bonds. The van der Waals surface area contributed by atoms with Crippen LogP contribution in [0.25, 0.3) is 10.2 Å². The monoisotopic (exact) mass is 397 g/mol. The van der Waals surface area contributed by atoms with Crippen LogP contribution in [0, 0.1) is 30.1 Å². The van der Waals surface area contributed by atoms with Gasteiger partial charge in [-0.2, -0.15) is 0 Å². The van der Waals surface area contributed by atoms with Crippen LogP contribution in [0.15, 0.2) is 18.2 Å². The van der Waals surface area contributed by atoms with Crippen LogP contribution in [-0.4, -0.2) is 22.8 Å². The summed E-state index contributed by atoms with van der Waals surface area (Å²) in [7, 11) is 0. The standard InChI is InChI=1S/C22H27N3O2S/c1-12(20(26)25-17-3-4-18-19(8-17)28-13(2)24-18)23-21(27)22-9-14-5-15(10-22)7-16(6-14)11-22/h3-4,8,12,14-16H,5-7,9-11H2,1-2H3,(H,23,27)(H,25,26)/t12-,14?,15?,16?,22?/m0/s1. The van der Waals surface area contributed by atoms with E-state index in [-0.39, 0.29) is 17.2 Å². The van der Waals surface area contributed by atoms with Crippen LogP contribution < -0.4 is 10.6 Å². The van der Waals surface area contributed by atoms with Crippen molar-refractivity contribution in [2.45, 2.75) is 58.4 Å². The minimum Gasteiger partial charge on any atom is -0.344 e. The zero-order valence-electron chi connectivity index (χ0n) is 16.5. The van der Waals surface area contributed by atoms with E-state index >= 15 is 0 Å². The first kappa shape index (κ1) is 18.1. The van der Waals surface area contributed by atoms with Gasteiger partial charge in [-0.3, -0.25) is 9.59 Å². The third-order valence-corrected chi connectivity index (χ3v) is 7.96. The Morgan fingerprint density at radius 3 is 2.43 bits per heavy atom. The van der Waals surface area contributed by atoms with Crippen molar-refractivity contribution in [1.82, 2.24) is 10.3 Å². The van der Waals surface area contributed by atoms with Gasteiger partial charge in [-0.1, -0.05) is 0 Å². The van der Waals surface area contributed by atoms with E-state index in [0.717, 1.165) is 57.9 Å². The molecule has 0 unspecified atom stereocenters. The third kappa shape index (κ3) is 3.11. The molecule has 6 rings (SSSR count). The Hall–Kier alpha value is -1.95. The summed E-state index contributed by atoms with van der Waals surface area (Å²) in [6, 6.07) is 5.20. The molecule has 0 radical (unpaired) electrons. The van der Waals surface area contributed by atoms with Gasteiger partial charge < -0.3 is 10.6 Å². The van der Waals surface area contributed by atoms with E-state index in [0.29, 0.717) is 0 Å². The fourth-order valence-corrected chi connectivity index (χ4v) is 7.04. The molecule has 2 N–H and O–H groups in total. The molecule has 5 nitrogen and oxygen atoms in total. The fourth-order valence-electron chi connectivity index (χ4n) is 6.17. The number of thiazole rings is 1. The molecule has 0 saturated heterocycles. The molecule has 4 bridgehead atoms. The van der Waals surface area contributed by atoms with Crippen LogP contribution in [0.2, 0.25) is 0 Å². The van der Waals surface area contributed by atoms with Gasteiger partial charge in [-0.15, -0.1) is 11.3 Å². The average molecular weight is 398 g/mol. The van der Waals surface area contributed by atoms with Crippen molar-refractivity contribution in [1.29, 1.82) is 0 Å². The molecule has 1 aromatic heterocycles. The summed E-state index contributed by atoms with van der Waals surface area (Å²) in [6.45, 7) is 3.76. The van der Waals surface area contributed by atoms with Gasteiger partial charge in [0.2, 0.25) is 11.8 Å². The second-order valence-corrected chi connectivity index (χ2v) is 10.5. The highest BCUT2D eigenvalue weighted by Gasteiger charge is 2.54. The summed E-state index contributed by atoms with van der Waals surface area (Å²) in [4.78, 5) is 30.3. The minimum atomic E-state index is -0.542. The number of nitrogens with one attached hydrogen (secondary N) is 2. The van der Waals surface area contributed by atoms with E-state index in [2.05, 4.69) is 15.6 Å². The number of carbonyl (C=O) groups is 2. The number of nitrogens with zero attached hydrogens (tertiary/aromatic N) is 1. The van der Waals surface area contributed by atoms with E-state index < -0.39 is 6.04 Å². The van der Waals surface area contributed by atoms with E-state index in [1.165, 1.54) is 19.3 Å². The van der Waals surface area contributed by atoms with E-state index in [1.54, 1.807) is 18.3 Å². The third-order valence-electron chi connectivity index (χ3n) is 7.02. The van der Waals surface area contributed by atoms with Crippen LogP contribution in [0.5, 0.6) is 0 Å². The summed E-state index contributed by atoms with van der Waals surface area (Å²) in [5.74, 6) is 2.09. The first-order chi connectivity index (χ1) is 13.4. The van der Waals surface area contributed by atoms with E-state index in [9.17, 15) is 9.59 Å². The van der Waals surface area contributed by atoms with Gasteiger partial charge in [-0.05, 0) is 88.3 Å². The smallest absolute Gasteiger partial charge is 0.246 e. The zero-order valence-corrected chi connectivity index (χ0v) is 17.3. The fraction of sp³-hybridized carbons (Fsp3) is 0.591. The highest BCUT2D eigenvalue weighted by Crippen LogP contribution is 2.60. The molecular formula is C22H27N3O2S. The van der Waals surface area contributed by atoms with E-state index in [4.69, 9.17) is 0 Å². The van der Waals surface area contributed by atoms with Gasteiger partial charge in [0.15, 0.2) is 0 Å². The minimum absolute atomic E-state index is 0.0998. The van der Waals surface area contributed by atoms with Crippen molar-refractivity contribution in [3.63, 3.8) is 0 Å². The molecule has 1 atom stereocenters. The molecule has 148 valence electrons. The number of carbonyl (C=O) groups excluding carboxylic acids is 2. The molecule has 1 aromatic carbocycles. The van der Waals surface area contributed by atoms with Crippen LogP contribution in [0.1, 0.15) is 50.5 Å². The summed E-state index contributed by atoms with van der Waals surface area (Å²) in [5, 5.41) is 6.99. The van der Waals surface area contributed by atoms with Crippen molar-refractivity contribution in [3.05, 3.63) is 23.2 Å². The normalized spacial score (nSPS) is 31.7. The Kier molecular flexibility index (Phi) is 4.23. The number of benzene rings is 1. The molecule has 0 spiro atoms. The number of aromatic nitrogens is 1. The Morgan fingerprint density at radius 1 is 1.14 bits per heavy atom. The lowest BCUT2D eigenvalue weighted by molar-refractivity contribution is -0.147. The van der Waals surface area contributed by atoms with Crippen molar-refractivity contribution in [2.75, 3.05) is 5.32 Å². The topological polar surface area (TPSA) is 71.1 Å². The molecule has 4 fully saturated rings. The second-order valence-electron chi connectivity index (χ2n) is 9.30. The van der Waals surface area contributed by atoms with Gasteiger partial charge in [0.05, 0.1) is 15.2 Å². The molecule has 4 aliphatic rings. The Labute approximate surface area is 169 Å². The molecule has 2 aromatic rings. The number of anilines is 1. The highest BCUT2D eigenvalue weighted by molar-refractivity contribution is 7.18. The average Bonchev–Trinajstić information content (AvgIpc) is 2.99. The van der Waals surface area contributed by atoms with Crippen LogP contribution >= 0.6 is 11.3 Å². The quantitative estimate of drug-likeness (QED) is 0.810. The summed E-state index contributed by atoms with van der Waals surface area (Å²) >= 11 is 1.61. The van der Waals surface area contributed by atoms with Gasteiger partial charge >= 0.3 is 0 Å². The number of rotatable bonds is 4. The number of aryl methyl sites for hydroxylation is 1. The summed E-state index contributed by atoms with van der Waals surface area (Å²) < 4.78 is 1.06. The van der Waals surface area contributed by atoms with Crippen molar-refractivity contribution < 1.29 is 9.59 Å². The maximum atomic E-state index is 13.1. The number of amides is 2. The number of fused-ring (bicyclic) bond motifs is 1. The molecule has 0 aliphatic heterocycles. The molecule has 6 heteroatoms. The van der Waals surface area contributed by atoms with Gasteiger partial charge in [0.1, 0.15) is 6.04 Å². The van der Waals surface area contributed by atoms with Gasteiger partial charge in [-0.25, -0.2) is 4.98 Å². The van der Waals surface area contributed by atoms with Crippen LogP contribution in [-0.2, 0) is 9.59 Å². The Balaban J connectivity index is 1.25. The predicted octanol–water partition coefficient (Wildman–Crippen LogP) is 4.26. The summed E-state index contributed by atoms with van der Waals surface area (Å²) in [6.07, 6.45) is 6.97. The van der Waals surface area contributed by atoms with Crippen LogP contribution in [0.3, 0.4) is 0 Å². The highest BCUT2D eigenvalue weighted by atomic mass is 32.1. The van der Waals surface area contributed by atoms with Gasteiger partial charge in [0.25, 0.3) is 0 Å². The van der Waals surface area contributed by atoms with Crippen molar-refractivity contribution >= 4 is 39.1 Å². The van der Waals surface area contributed by atoms with E-state index in [1.807, 2.05) is 25.1 Å². The molecule has 4 saturated carbocycles. The number of hydrogen-bond acceptors (Lipinski definition) is 4. The lowest BCUT2D eigenvalue weighted by Crippen LogP contribution is -2.56. The largest absolute Gasteiger partial charge is 0.344 e. The Morgan fingerprint density at radius 2 is 1.79 bits per heavy atom. The summed E-state index contributed by atoms with van der Waals surface area (Å²) in [5.41, 5.74) is 1.48. The van der Waals surface area contributed by atoms with Gasteiger partial charge in [0, 0.05) is 11.1 Å².